The van der Waals surface area contributed by atoms with Gasteiger partial charge in [-0.15, -0.1) is 0 Å². The van der Waals surface area contributed by atoms with Gasteiger partial charge in [0, 0.05) is 12.0 Å². The summed E-state index contributed by atoms with van der Waals surface area (Å²) in [6.07, 6.45) is 0.859. The van der Waals surface area contributed by atoms with Crippen molar-refractivity contribution in [3.8, 4) is 17.2 Å². The molecule has 20 heavy (non-hydrogen) atoms. The largest absolute Gasteiger partial charge is 0.483 e. The highest BCUT2D eigenvalue weighted by molar-refractivity contribution is 6.32. The molecular weight excluding hydrogens is 274 g/mol. The molecule has 2 N–H and O–H groups in total. The van der Waals surface area contributed by atoms with E-state index in [-0.39, 0.29) is 5.60 Å². The van der Waals surface area contributed by atoms with Crippen molar-refractivity contribution >= 4 is 17.3 Å². The van der Waals surface area contributed by atoms with E-state index in [1.54, 1.807) is 18.2 Å². The normalized spacial score (nSPS) is 15.6. The molecule has 4 heteroatoms. The third-order valence-electron chi connectivity index (χ3n) is 3.26. The molecule has 0 aliphatic carbocycles. The van der Waals surface area contributed by atoms with Crippen LogP contribution in [0.25, 0.3) is 0 Å². The summed E-state index contributed by atoms with van der Waals surface area (Å²) in [7, 11) is 0. The van der Waals surface area contributed by atoms with E-state index in [9.17, 15) is 0 Å². The van der Waals surface area contributed by atoms with Crippen LogP contribution >= 0.6 is 11.6 Å². The number of hydrogen-bond donors (Lipinski definition) is 1. The van der Waals surface area contributed by atoms with Crippen molar-refractivity contribution in [3.05, 3.63) is 47.0 Å². The monoisotopic (exact) mass is 289 g/mol. The van der Waals surface area contributed by atoms with E-state index in [1.807, 2.05) is 18.2 Å². The lowest BCUT2D eigenvalue weighted by molar-refractivity contribution is 0.135. The van der Waals surface area contributed by atoms with E-state index in [0.717, 1.165) is 17.7 Å². The van der Waals surface area contributed by atoms with Crippen LogP contribution in [0.3, 0.4) is 0 Å². The van der Waals surface area contributed by atoms with Gasteiger partial charge < -0.3 is 15.2 Å². The van der Waals surface area contributed by atoms with Crippen molar-refractivity contribution in [1.82, 2.24) is 0 Å². The molecule has 0 bridgehead atoms. The predicted octanol–water partition coefficient (Wildman–Crippen LogP) is 4.43. The first-order chi connectivity index (χ1) is 9.46. The minimum absolute atomic E-state index is 0.214. The summed E-state index contributed by atoms with van der Waals surface area (Å²) >= 11 is 6.14. The summed E-state index contributed by atoms with van der Waals surface area (Å²) in [5.74, 6) is 1.89. The van der Waals surface area contributed by atoms with Crippen LogP contribution in [-0.2, 0) is 6.42 Å². The quantitative estimate of drug-likeness (QED) is 0.832. The van der Waals surface area contributed by atoms with E-state index in [4.69, 9.17) is 26.8 Å². The fraction of sp³-hybridized carbons (Fsp3) is 0.250. The van der Waals surface area contributed by atoms with Crippen LogP contribution in [0.15, 0.2) is 36.4 Å². The minimum Gasteiger partial charge on any atom is -0.483 e. The molecule has 0 amide bonds. The average Bonchev–Trinajstić information content (AvgIpc) is 2.69. The third kappa shape index (κ3) is 2.29. The van der Waals surface area contributed by atoms with Gasteiger partial charge in [0.1, 0.15) is 5.60 Å². The summed E-state index contributed by atoms with van der Waals surface area (Å²) in [4.78, 5) is 0. The Hall–Kier alpha value is -1.87. The number of rotatable bonds is 2. The third-order valence-corrected chi connectivity index (χ3v) is 3.56. The zero-order chi connectivity index (χ0) is 14.3. The highest BCUT2D eigenvalue weighted by Gasteiger charge is 2.32. The van der Waals surface area contributed by atoms with Crippen LogP contribution in [-0.4, -0.2) is 5.60 Å². The highest BCUT2D eigenvalue weighted by atomic mass is 35.5. The fourth-order valence-electron chi connectivity index (χ4n) is 2.41. The van der Waals surface area contributed by atoms with Crippen LogP contribution in [0.1, 0.15) is 19.4 Å². The zero-order valence-electron chi connectivity index (χ0n) is 11.4. The van der Waals surface area contributed by atoms with Gasteiger partial charge in [0.25, 0.3) is 0 Å². The topological polar surface area (TPSA) is 44.5 Å². The van der Waals surface area contributed by atoms with Gasteiger partial charge >= 0.3 is 0 Å². The lowest BCUT2D eigenvalue weighted by atomic mass is 10.0. The molecule has 2 aromatic rings. The molecule has 0 saturated heterocycles. The molecule has 0 radical (unpaired) electrons. The molecule has 0 unspecified atom stereocenters. The maximum Gasteiger partial charge on any atom is 0.169 e. The SMILES string of the molecule is CC1(C)Cc2cccc(Oc3c(N)cccc3Cl)c2O1. The summed E-state index contributed by atoms with van der Waals surface area (Å²) < 4.78 is 11.9. The number of para-hydroxylation sites is 2. The maximum absolute atomic E-state index is 6.14. The summed E-state index contributed by atoms with van der Waals surface area (Å²) in [6.45, 7) is 4.11. The molecule has 0 atom stereocenters. The van der Waals surface area contributed by atoms with Gasteiger partial charge in [0.15, 0.2) is 17.2 Å². The minimum atomic E-state index is -0.214. The van der Waals surface area contributed by atoms with Crippen molar-refractivity contribution in [1.29, 1.82) is 0 Å². The van der Waals surface area contributed by atoms with Gasteiger partial charge in [0.2, 0.25) is 0 Å². The van der Waals surface area contributed by atoms with Gasteiger partial charge in [0.05, 0.1) is 10.7 Å². The second kappa shape index (κ2) is 4.60. The number of nitrogen functional groups attached to an aromatic ring is 1. The maximum atomic E-state index is 6.14. The summed E-state index contributed by atoms with van der Waals surface area (Å²) in [5, 5.41) is 0.486. The van der Waals surface area contributed by atoms with Crippen molar-refractivity contribution in [2.75, 3.05) is 5.73 Å². The molecule has 3 rings (SSSR count). The molecule has 1 aliphatic heterocycles. The Bertz CT molecular complexity index is 647. The van der Waals surface area contributed by atoms with Gasteiger partial charge in [-0.05, 0) is 32.0 Å². The van der Waals surface area contributed by atoms with E-state index in [1.165, 1.54) is 0 Å². The Kier molecular flexibility index (Phi) is 3.02. The van der Waals surface area contributed by atoms with Crippen LogP contribution in [0.5, 0.6) is 17.2 Å². The standard InChI is InChI=1S/C16H16ClNO2/c1-16(2)9-10-5-3-8-13(14(10)20-16)19-15-11(17)6-4-7-12(15)18/h3-8H,9,18H2,1-2H3. The lowest BCUT2D eigenvalue weighted by Gasteiger charge is -2.18. The number of ether oxygens (including phenoxy) is 2. The first kappa shape index (κ1) is 13.1. The second-order valence-electron chi connectivity index (χ2n) is 5.54. The van der Waals surface area contributed by atoms with Gasteiger partial charge in [-0.25, -0.2) is 0 Å². The van der Waals surface area contributed by atoms with Gasteiger partial charge in [-0.1, -0.05) is 29.8 Å². The number of benzene rings is 2. The first-order valence-electron chi connectivity index (χ1n) is 6.49. The van der Waals surface area contributed by atoms with E-state index >= 15 is 0 Å². The second-order valence-corrected chi connectivity index (χ2v) is 5.95. The molecular formula is C16H16ClNO2. The highest BCUT2D eigenvalue weighted by Crippen LogP contribution is 2.45. The Balaban J connectivity index is 2.00. The Morgan fingerprint density at radius 1 is 1.20 bits per heavy atom. The number of fused-ring (bicyclic) bond motifs is 1. The molecule has 104 valence electrons. The Morgan fingerprint density at radius 2 is 1.95 bits per heavy atom. The summed E-state index contributed by atoms with van der Waals surface area (Å²) in [5.41, 5.74) is 7.35. The lowest BCUT2D eigenvalue weighted by Crippen LogP contribution is -2.24. The van der Waals surface area contributed by atoms with Gasteiger partial charge in [-0.3, -0.25) is 0 Å². The molecule has 2 aromatic carbocycles. The van der Waals surface area contributed by atoms with Crippen LogP contribution < -0.4 is 15.2 Å². The zero-order valence-corrected chi connectivity index (χ0v) is 12.2. The number of hydrogen-bond acceptors (Lipinski definition) is 3. The first-order valence-corrected chi connectivity index (χ1v) is 6.87. The molecule has 0 spiro atoms. The van der Waals surface area contributed by atoms with E-state index < -0.39 is 0 Å². The van der Waals surface area contributed by atoms with Crippen molar-refractivity contribution < 1.29 is 9.47 Å². The number of nitrogens with two attached hydrogens (primary N) is 1. The molecule has 0 fully saturated rings. The van der Waals surface area contributed by atoms with Crippen LogP contribution in [0.4, 0.5) is 5.69 Å². The van der Waals surface area contributed by atoms with Crippen LogP contribution in [0, 0.1) is 0 Å². The Labute approximate surface area is 123 Å². The predicted molar refractivity (Wildman–Crippen MR) is 80.8 cm³/mol. The van der Waals surface area contributed by atoms with Crippen molar-refractivity contribution in [2.45, 2.75) is 25.9 Å². The van der Waals surface area contributed by atoms with Gasteiger partial charge in [-0.2, -0.15) is 0 Å². The molecule has 3 nitrogen and oxygen atoms in total. The number of anilines is 1. The smallest absolute Gasteiger partial charge is 0.169 e. The van der Waals surface area contributed by atoms with Crippen molar-refractivity contribution in [2.24, 2.45) is 0 Å². The fourth-order valence-corrected chi connectivity index (χ4v) is 2.63. The number of halogens is 1. The van der Waals surface area contributed by atoms with Crippen molar-refractivity contribution in [3.63, 3.8) is 0 Å². The molecule has 0 saturated carbocycles. The summed E-state index contributed by atoms with van der Waals surface area (Å²) in [6, 6.07) is 11.2. The average molecular weight is 290 g/mol. The molecule has 1 heterocycles. The Morgan fingerprint density at radius 3 is 2.70 bits per heavy atom. The molecule has 0 aromatic heterocycles. The van der Waals surface area contributed by atoms with E-state index in [2.05, 4.69) is 13.8 Å². The van der Waals surface area contributed by atoms with E-state index in [0.29, 0.717) is 22.2 Å². The van der Waals surface area contributed by atoms with Crippen LogP contribution in [0.2, 0.25) is 5.02 Å². The molecule has 1 aliphatic rings.